The highest BCUT2D eigenvalue weighted by atomic mass is 79.9. The molecule has 0 saturated heterocycles. The van der Waals surface area contributed by atoms with Gasteiger partial charge in [0.15, 0.2) is 0 Å². The van der Waals surface area contributed by atoms with Gasteiger partial charge < -0.3 is 10.2 Å². The van der Waals surface area contributed by atoms with E-state index >= 15 is 0 Å². The molecule has 35 heavy (non-hydrogen) atoms. The maximum Gasteiger partial charge on any atom is 0.243 e. The summed E-state index contributed by atoms with van der Waals surface area (Å²) in [7, 11) is 0. The minimum Gasteiger partial charge on any atom is -0.352 e. The van der Waals surface area contributed by atoms with E-state index in [1.54, 1.807) is 4.90 Å². The Morgan fingerprint density at radius 2 is 1.60 bits per heavy atom. The molecule has 2 amide bonds. The largest absolute Gasteiger partial charge is 0.352 e. The number of aryl methyl sites for hydroxylation is 2. The summed E-state index contributed by atoms with van der Waals surface area (Å²) >= 11 is 3.54. The van der Waals surface area contributed by atoms with Crippen molar-refractivity contribution in [2.75, 3.05) is 0 Å². The summed E-state index contributed by atoms with van der Waals surface area (Å²) in [4.78, 5) is 29.1. The van der Waals surface area contributed by atoms with E-state index in [1.165, 1.54) is 5.56 Å². The van der Waals surface area contributed by atoms with Crippen molar-refractivity contribution in [3.8, 4) is 0 Å². The molecule has 5 heteroatoms. The highest BCUT2D eigenvalue weighted by Gasteiger charge is 2.31. The van der Waals surface area contributed by atoms with Gasteiger partial charge in [-0.25, -0.2) is 0 Å². The molecule has 0 radical (unpaired) electrons. The second kappa shape index (κ2) is 12.7. The van der Waals surface area contributed by atoms with Crippen LogP contribution in [0, 0.1) is 13.8 Å². The van der Waals surface area contributed by atoms with Crippen LogP contribution in [0.15, 0.2) is 77.3 Å². The summed E-state index contributed by atoms with van der Waals surface area (Å²) in [5.74, 6) is -0.180. The highest BCUT2D eigenvalue weighted by molar-refractivity contribution is 9.10. The van der Waals surface area contributed by atoms with Crippen LogP contribution in [0.5, 0.6) is 0 Å². The van der Waals surface area contributed by atoms with Gasteiger partial charge in [-0.15, -0.1) is 0 Å². The average molecular weight is 536 g/mol. The topological polar surface area (TPSA) is 49.4 Å². The lowest BCUT2D eigenvalue weighted by Gasteiger charge is -2.32. The van der Waals surface area contributed by atoms with Gasteiger partial charge in [-0.3, -0.25) is 9.59 Å². The van der Waals surface area contributed by atoms with Gasteiger partial charge in [0.1, 0.15) is 6.04 Å². The summed E-state index contributed by atoms with van der Waals surface area (Å²) in [5.41, 5.74) is 5.31. The van der Waals surface area contributed by atoms with Crippen LogP contribution >= 0.6 is 15.9 Å². The molecule has 0 aliphatic carbocycles. The van der Waals surface area contributed by atoms with Crippen LogP contribution in [0.25, 0.3) is 0 Å². The molecule has 2 atom stereocenters. The summed E-state index contributed by atoms with van der Waals surface area (Å²) in [6.07, 6.45) is 1.53. The van der Waals surface area contributed by atoms with E-state index in [9.17, 15) is 9.59 Å². The Bertz CT molecular complexity index is 1150. The van der Waals surface area contributed by atoms with Gasteiger partial charge in [0.2, 0.25) is 11.8 Å². The molecule has 0 aromatic heterocycles. The van der Waals surface area contributed by atoms with Gasteiger partial charge in [0.25, 0.3) is 0 Å². The van der Waals surface area contributed by atoms with Crippen molar-refractivity contribution < 1.29 is 9.59 Å². The summed E-state index contributed by atoms with van der Waals surface area (Å²) in [6.45, 7) is 8.51. The number of rotatable bonds is 10. The Morgan fingerprint density at radius 3 is 2.26 bits per heavy atom. The van der Waals surface area contributed by atoms with Crippen LogP contribution in [0.1, 0.15) is 48.1 Å². The molecule has 0 heterocycles. The van der Waals surface area contributed by atoms with Crippen LogP contribution in [0.2, 0.25) is 0 Å². The van der Waals surface area contributed by atoms with E-state index in [1.807, 2.05) is 80.6 Å². The van der Waals surface area contributed by atoms with Crippen molar-refractivity contribution in [3.05, 3.63) is 105 Å². The molecule has 1 N–H and O–H groups in total. The van der Waals surface area contributed by atoms with E-state index in [0.717, 1.165) is 33.1 Å². The van der Waals surface area contributed by atoms with Crippen molar-refractivity contribution in [2.24, 2.45) is 0 Å². The minimum atomic E-state index is -0.621. The minimum absolute atomic E-state index is 0.0309. The molecule has 0 unspecified atom stereocenters. The molecule has 3 aromatic rings. The van der Waals surface area contributed by atoms with Crippen molar-refractivity contribution in [3.63, 3.8) is 0 Å². The fraction of sp³-hybridized carbons (Fsp3) is 0.333. The Labute approximate surface area is 217 Å². The molecule has 3 rings (SSSR count). The SMILES string of the molecule is CC[C@H](C)NC(=O)[C@H](Cc1ccccc1)N(Cc1cccc(Br)c1)C(=O)Cc1ccc(C)c(C)c1. The molecule has 0 spiro atoms. The first-order valence-corrected chi connectivity index (χ1v) is 13.0. The standard InChI is InChI=1S/C30H35BrN2O2/c1-5-23(4)32-30(35)28(18-24-10-7-6-8-11-24)33(20-26-12-9-13-27(31)17-26)29(34)19-25-15-14-21(2)22(3)16-25/h6-17,23,28H,5,18-20H2,1-4H3,(H,32,35)/t23-,28-/m0/s1. The van der Waals surface area contributed by atoms with Gasteiger partial charge in [0, 0.05) is 23.5 Å². The first-order valence-electron chi connectivity index (χ1n) is 12.2. The predicted molar refractivity (Wildman–Crippen MR) is 146 cm³/mol. The van der Waals surface area contributed by atoms with E-state index in [-0.39, 0.29) is 24.3 Å². The maximum atomic E-state index is 13.8. The van der Waals surface area contributed by atoms with Crippen molar-refractivity contribution in [2.45, 2.75) is 65.6 Å². The lowest BCUT2D eigenvalue weighted by molar-refractivity contribution is -0.141. The second-order valence-corrected chi connectivity index (χ2v) is 10.2. The fourth-order valence-electron chi connectivity index (χ4n) is 4.02. The van der Waals surface area contributed by atoms with Gasteiger partial charge in [-0.1, -0.05) is 83.5 Å². The lowest BCUT2D eigenvalue weighted by Crippen LogP contribution is -2.52. The van der Waals surface area contributed by atoms with Crippen LogP contribution in [0.3, 0.4) is 0 Å². The quantitative estimate of drug-likeness (QED) is 0.338. The van der Waals surface area contributed by atoms with E-state index < -0.39 is 6.04 Å². The van der Waals surface area contributed by atoms with E-state index in [2.05, 4.69) is 41.2 Å². The summed E-state index contributed by atoms with van der Waals surface area (Å²) in [6, 6.07) is 23.3. The molecule has 184 valence electrons. The third-order valence-electron chi connectivity index (χ3n) is 6.44. The maximum absolute atomic E-state index is 13.8. The zero-order chi connectivity index (χ0) is 25.4. The Hall–Kier alpha value is -2.92. The van der Waals surface area contributed by atoms with Crippen molar-refractivity contribution in [1.29, 1.82) is 0 Å². The van der Waals surface area contributed by atoms with E-state index in [0.29, 0.717) is 13.0 Å². The molecule has 0 aliphatic heterocycles. The Morgan fingerprint density at radius 1 is 0.886 bits per heavy atom. The number of hydrogen-bond acceptors (Lipinski definition) is 2. The summed E-state index contributed by atoms with van der Waals surface area (Å²) in [5, 5.41) is 3.12. The summed E-state index contributed by atoms with van der Waals surface area (Å²) < 4.78 is 0.945. The van der Waals surface area contributed by atoms with Gasteiger partial charge in [0.05, 0.1) is 6.42 Å². The fourth-order valence-corrected chi connectivity index (χ4v) is 4.46. The smallest absolute Gasteiger partial charge is 0.243 e. The number of nitrogens with one attached hydrogen (secondary N) is 1. The third-order valence-corrected chi connectivity index (χ3v) is 6.93. The zero-order valence-corrected chi connectivity index (χ0v) is 22.6. The highest BCUT2D eigenvalue weighted by Crippen LogP contribution is 2.20. The van der Waals surface area contributed by atoms with Gasteiger partial charge in [-0.05, 0) is 67.1 Å². The number of nitrogens with zero attached hydrogens (tertiary/aromatic N) is 1. The first-order chi connectivity index (χ1) is 16.8. The molecular weight excluding hydrogens is 500 g/mol. The molecule has 0 saturated carbocycles. The Balaban J connectivity index is 1.98. The first kappa shape index (κ1) is 26.7. The molecule has 0 aliphatic rings. The molecular formula is C30H35BrN2O2. The normalized spacial score (nSPS) is 12.6. The number of carbonyl (C=O) groups is 2. The number of benzene rings is 3. The molecule has 0 fully saturated rings. The average Bonchev–Trinajstić information content (AvgIpc) is 2.84. The van der Waals surface area contributed by atoms with Crippen LogP contribution < -0.4 is 5.32 Å². The molecule has 4 nitrogen and oxygen atoms in total. The number of hydrogen-bond donors (Lipinski definition) is 1. The molecule has 3 aromatic carbocycles. The van der Waals surface area contributed by atoms with Gasteiger partial charge in [-0.2, -0.15) is 0 Å². The zero-order valence-electron chi connectivity index (χ0n) is 21.1. The Kier molecular flexibility index (Phi) is 9.67. The van der Waals surface area contributed by atoms with Gasteiger partial charge >= 0.3 is 0 Å². The second-order valence-electron chi connectivity index (χ2n) is 9.27. The third kappa shape index (κ3) is 7.79. The number of halogens is 1. The number of amides is 2. The van der Waals surface area contributed by atoms with Crippen LogP contribution in [-0.2, 0) is 29.0 Å². The van der Waals surface area contributed by atoms with Crippen LogP contribution in [0.4, 0.5) is 0 Å². The van der Waals surface area contributed by atoms with Crippen LogP contribution in [-0.4, -0.2) is 28.8 Å². The predicted octanol–water partition coefficient (Wildman–Crippen LogP) is 6.16. The molecule has 0 bridgehead atoms. The monoisotopic (exact) mass is 534 g/mol. The van der Waals surface area contributed by atoms with E-state index in [4.69, 9.17) is 0 Å². The van der Waals surface area contributed by atoms with Crippen molar-refractivity contribution >= 4 is 27.7 Å². The number of carbonyl (C=O) groups excluding carboxylic acids is 2. The van der Waals surface area contributed by atoms with Crippen molar-refractivity contribution in [1.82, 2.24) is 10.2 Å². The lowest BCUT2D eigenvalue weighted by atomic mass is 10.00.